The van der Waals surface area contributed by atoms with Crippen LogP contribution in [0.3, 0.4) is 0 Å². The minimum atomic E-state index is -0.826. The fraction of sp³-hybridized carbons (Fsp3) is 0.529. The molecule has 1 amide bonds. The molecule has 0 saturated heterocycles. The molecule has 0 bridgehead atoms. The quantitative estimate of drug-likeness (QED) is 0.748. The van der Waals surface area contributed by atoms with E-state index in [9.17, 15) is 9.59 Å². The van der Waals surface area contributed by atoms with Crippen molar-refractivity contribution in [3.63, 3.8) is 0 Å². The fourth-order valence-corrected chi connectivity index (χ4v) is 2.97. The summed E-state index contributed by atoms with van der Waals surface area (Å²) >= 11 is 5.89. The molecule has 2 rings (SSSR count). The molecule has 1 aromatic carbocycles. The van der Waals surface area contributed by atoms with E-state index in [1.54, 1.807) is 31.2 Å². The number of nitrogens with zero attached hydrogens (tertiary/aromatic N) is 1. The van der Waals surface area contributed by atoms with Gasteiger partial charge in [0.05, 0.1) is 6.54 Å². The number of hydrogen-bond acceptors (Lipinski definition) is 4. The van der Waals surface area contributed by atoms with E-state index in [2.05, 4.69) is 5.32 Å². The van der Waals surface area contributed by atoms with Crippen molar-refractivity contribution in [2.45, 2.75) is 44.9 Å². The predicted molar refractivity (Wildman–Crippen MR) is 91.4 cm³/mol. The Morgan fingerprint density at radius 3 is 2.75 bits per heavy atom. The van der Waals surface area contributed by atoms with Crippen molar-refractivity contribution in [1.82, 2.24) is 10.2 Å². The lowest BCUT2D eigenvalue weighted by Gasteiger charge is -2.42. The smallest absolute Gasteiger partial charge is 0.317 e. The first kappa shape index (κ1) is 18.5. The normalized spacial score (nSPS) is 21.0. The number of aliphatic carboxylic acids is 1. The molecule has 1 aromatic rings. The summed E-state index contributed by atoms with van der Waals surface area (Å²) in [6.07, 6.45) is 0.900. The van der Waals surface area contributed by atoms with Crippen LogP contribution in [-0.4, -0.2) is 53.2 Å². The number of carbonyl (C=O) groups excluding carboxylic acids is 1. The van der Waals surface area contributed by atoms with Crippen molar-refractivity contribution < 1.29 is 19.4 Å². The second kappa shape index (κ2) is 8.35. The number of carbonyl (C=O) groups is 2. The van der Waals surface area contributed by atoms with Crippen LogP contribution in [0.5, 0.6) is 5.75 Å². The third kappa shape index (κ3) is 5.11. The van der Waals surface area contributed by atoms with E-state index in [1.807, 2.05) is 11.8 Å². The molecule has 0 aromatic heterocycles. The molecule has 0 radical (unpaired) electrons. The first-order valence-corrected chi connectivity index (χ1v) is 8.45. The Bertz CT molecular complexity index is 590. The SMILES string of the molecule is CCN(CC(=O)O)C1CC(NC(=O)C(C)Oc2cccc(Cl)c2)C1. The minimum Gasteiger partial charge on any atom is -0.481 e. The lowest BCUT2D eigenvalue weighted by atomic mass is 9.85. The molecule has 1 fully saturated rings. The number of amides is 1. The number of ether oxygens (including phenoxy) is 1. The highest BCUT2D eigenvalue weighted by Crippen LogP contribution is 2.26. The lowest BCUT2D eigenvalue weighted by molar-refractivity contribution is -0.140. The monoisotopic (exact) mass is 354 g/mol. The third-order valence-corrected chi connectivity index (χ3v) is 4.43. The van der Waals surface area contributed by atoms with Crippen LogP contribution in [0.25, 0.3) is 0 Å². The van der Waals surface area contributed by atoms with Gasteiger partial charge >= 0.3 is 5.97 Å². The number of nitrogens with one attached hydrogen (secondary N) is 1. The standard InChI is InChI=1S/C17H23ClN2O4/c1-3-20(10-16(21)22)14-8-13(9-14)19-17(23)11(2)24-15-6-4-5-12(18)7-15/h4-7,11,13-14H,3,8-10H2,1-2H3,(H,19,23)(H,21,22). The van der Waals surface area contributed by atoms with Gasteiger partial charge < -0.3 is 15.2 Å². The van der Waals surface area contributed by atoms with Gasteiger partial charge in [-0.25, -0.2) is 0 Å². The second-order valence-electron chi connectivity index (χ2n) is 6.01. The Kier molecular flexibility index (Phi) is 6.45. The first-order valence-electron chi connectivity index (χ1n) is 8.07. The van der Waals surface area contributed by atoms with Crippen LogP contribution in [0, 0.1) is 0 Å². The van der Waals surface area contributed by atoms with Crippen molar-refractivity contribution in [1.29, 1.82) is 0 Å². The van der Waals surface area contributed by atoms with Crippen LogP contribution in [0.1, 0.15) is 26.7 Å². The summed E-state index contributed by atoms with van der Waals surface area (Å²) in [6.45, 7) is 4.35. The molecule has 0 heterocycles. The topological polar surface area (TPSA) is 78.9 Å². The van der Waals surface area contributed by atoms with Crippen molar-refractivity contribution >= 4 is 23.5 Å². The Hall–Kier alpha value is -1.79. The number of halogens is 1. The second-order valence-corrected chi connectivity index (χ2v) is 6.44. The highest BCUT2D eigenvalue weighted by molar-refractivity contribution is 6.30. The van der Waals surface area contributed by atoms with Gasteiger partial charge in [-0.05, 0) is 44.5 Å². The van der Waals surface area contributed by atoms with E-state index >= 15 is 0 Å². The molecule has 0 aliphatic heterocycles. The van der Waals surface area contributed by atoms with Gasteiger partial charge in [0.25, 0.3) is 5.91 Å². The van der Waals surface area contributed by atoms with E-state index in [4.69, 9.17) is 21.4 Å². The maximum Gasteiger partial charge on any atom is 0.317 e. The van der Waals surface area contributed by atoms with Gasteiger partial charge in [-0.3, -0.25) is 14.5 Å². The molecule has 1 unspecified atom stereocenters. The van der Waals surface area contributed by atoms with Crippen LogP contribution in [0.4, 0.5) is 0 Å². The molecule has 1 aliphatic carbocycles. The van der Waals surface area contributed by atoms with Gasteiger partial charge in [-0.15, -0.1) is 0 Å². The van der Waals surface area contributed by atoms with Gasteiger partial charge in [0.1, 0.15) is 5.75 Å². The minimum absolute atomic E-state index is 0.0378. The zero-order valence-corrected chi connectivity index (χ0v) is 14.6. The van der Waals surface area contributed by atoms with E-state index < -0.39 is 12.1 Å². The molecule has 2 N–H and O–H groups in total. The molecular weight excluding hydrogens is 332 g/mol. The number of likely N-dealkylation sites (N-methyl/N-ethyl adjacent to an activating group) is 1. The third-order valence-electron chi connectivity index (χ3n) is 4.20. The van der Waals surface area contributed by atoms with Gasteiger partial charge in [0.15, 0.2) is 6.10 Å². The average Bonchev–Trinajstić information content (AvgIpc) is 2.48. The van der Waals surface area contributed by atoms with Crippen LogP contribution >= 0.6 is 11.6 Å². The molecule has 1 saturated carbocycles. The van der Waals surface area contributed by atoms with Crippen molar-refractivity contribution in [2.75, 3.05) is 13.1 Å². The summed E-state index contributed by atoms with van der Waals surface area (Å²) in [5.74, 6) is -0.456. The Labute approximate surface area is 146 Å². The van der Waals surface area contributed by atoms with Crippen LogP contribution in [0.2, 0.25) is 5.02 Å². The first-order chi connectivity index (χ1) is 11.4. The van der Waals surface area contributed by atoms with Crippen LogP contribution < -0.4 is 10.1 Å². The number of carboxylic acids is 1. The van der Waals surface area contributed by atoms with Gasteiger partial charge in [0, 0.05) is 17.1 Å². The predicted octanol–water partition coefficient (Wildman–Crippen LogP) is 2.16. The molecule has 0 spiro atoms. The maximum absolute atomic E-state index is 12.2. The number of rotatable bonds is 8. The summed E-state index contributed by atoms with van der Waals surface area (Å²) in [7, 11) is 0. The number of hydrogen-bond donors (Lipinski definition) is 2. The largest absolute Gasteiger partial charge is 0.481 e. The van der Waals surface area contributed by atoms with Gasteiger partial charge in [-0.1, -0.05) is 24.6 Å². The van der Waals surface area contributed by atoms with Crippen molar-refractivity contribution in [2.24, 2.45) is 0 Å². The summed E-state index contributed by atoms with van der Waals surface area (Å²) in [6, 6.07) is 7.19. The average molecular weight is 355 g/mol. The summed E-state index contributed by atoms with van der Waals surface area (Å²) in [5.41, 5.74) is 0. The highest BCUT2D eigenvalue weighted by Gasteiger charge is 2.35. The molecule has 1 aliphatic rings. The van der Waals surface area contributed by atoms with E-state index in [0.29, 0.717) is 17.3 Å². The van der Waals surface area contributed by atoms with E-state index in [0.717, 1.165) is 12.8 Å². The lowest BCUT2D eigenvalue weighted by Crippen LogP contribution is -2.56. The summed E-state index contributed by atoms with van der Waals surface area (Å²) in [4.78, 5) is 24.9. The number of benzene rings is 1. The van der Waals surface area contributed by atoms with Crippen LogP contribution in [0.15, 0.2) is 24.3 Å². The fourth-order valence-electron chi connectivity index (χ4n) is 2.79. The van der Waals surface area contributed by atoms with E-state index in [-0.39, 0.29) is 24.5 Å². The van der Waals surface area contributed by atoms with E-state index in [1.165, 1.54) is 0 Å². The molecule has 7 heteroatoms. The molecule has 1 atom stereocenters. The van der Waals surface area contributed by atoms with Crippen molar-refractivity contribution in [3.8, 4) is 5.75 Å². The maximum atomic E-state index is 12.2. The molecular formula is C17H23ClN2O4. The molecule has 6 nitrogen and oxygen atoms in total. The van der Waals surface area contributed by atoms with Gasteiger partial charge in [-0.2, -0.15) is 0 Å². The zero-order valence-electron chi connectivity index (χ0n) is 13.9. The molecule has 24 heavy (non-hydrogen) atoms. The highest BCUT2D eigenvalue weighted by atomic mass is 35.5. The summed E-state index contributed by atoms with van der Waals surface area (Å²) < 4.78 is 5.59. The van der Waals surface area contributed by atoms with Gasteiger partial charge in [0.2, 0.25) is 0 Å². The zero-order chi connectivity index (χ0) is 17.7. The summed E-state index contributed by atoms with van der Waals surface area (Å²) in [5, 5.41) is 12.4. The number of carboxylic acid groups (broad SMARTS) is 1. The van der Waals surface area contributed by atoms with Crippen LogP contribution in [-0.2, 0) is 9.59 Å². The Balaban J connectivity index is 1.76. The Morgan fingerprint density at radius 2 is 2.17 bits per heavy atom. The molecule has 132 valence electrons. The Morgan fingerprint density at radius 1 is 1.46 bits per heavy atom. The van der Waals surface area contributed by atoms with Crippen molar-refractivity contribution in [3.05, 3.63) is 29.3 Å².